The highest BCUT2D eigenvalue weighted by Gasteiger charge is 2.26. The summed E-state index contributed by atoms with van der Waals surface area (Å²) in [6.45, 7) is 0.794. The summed E-state index contributed by atoms with van der Waals surface area (Å²) < 4.78 is 1.62. The SMILES string of the molecule is CN1C=C2N=C(n3cc(-c4ccsc4)nn3)N=C2N(C)C1. The lowest BCUT2D eigenvalue weighted by Gasteiger charge is -2.29. The third-order valence-electron chi connectivity index (χ3n) is 3.31. The van der Waals surface area contributed by atoms with Crippen molar-refractivity contribution in [2.75, 3.05) is 20.8 Å². The first-order valence-electron chi connectivity index (χ1n) is 6.47. The van der Waals surface area contributed by atoms with Gasteiger partial charge in [-0.15, -0.1) is 5.10 Å². The molecule has 2 aliphatic rings. The standard InChI is InChI=1S/C13H13N7S/c1-18-5-11-12(19(2)8-18)15-13(14-11)20-6-10(16-17-20)9-3-4-21-7-9/h3-7H,8H2,1-2H3. The van der Waals surface area contributed by atoms with Crippen LogP contribution in [0.1, 0.15) is 0 Å². The molecule has 4 heterocycles. The van der Waals surface area contributed by atoms with Gasteiger partial charge in [-0.3, -0.25) is 0 Å². The van der Waals surface area contributed by atoms with Gasteiger partial charge < -0.3 is 9.80 Å². The molecule has 0 saturated carbocycles. The molecule has 0 fully saturated rings. The molecule has 2 aromatic rings. The summed E-state index contributed by atoms with van der Waals surface area (Å²) in [6.07, 6.45) is 3.84. The van der Waals surface area contributed by atoms with Crippen LogP contribution in [0.5, 0.6) is 0 Å². The zero-order chi connectivity index (χ0) is 14.4. The number of rotatable bonds is 1. The minimum absolute atomic E-state index is 0.548. The molecular weight excluding hydrogens is 286 g/mol. The van der Waals surface area contributed by atoms with Crippen molar-refractivity contribution in [2.24, 2.45) is 9.98 Å². The average molecular weight is 299 g/mol. The molecule has 0 aliphatic carbocycles. The lowest BCUT2D eigenvalue weighted by molar-refractivity contribution is 0.304. The second kappa shape index (κ2) is 4.52. The summed E-state index contributed by atoms with van der Waals surface area (Å²) in [7, 11) is 4.01. The number of hydrogen-bond acceptors (Lipinski definition) is 7. The molecule has 4 rings (SSSR count). The molecule has 0 atom stereocenters. The molecule has 106 valence electrons. The van der Waals surface area contributed by atoms with E-state index in [-0.39, 0.29) is 0 Å². The van der Waals surface area contributed by atoms with E-state index in [2.05, 4.69) is 30.1 Å². The van der Waals surface area contributed by atoms with E-state index in [9.17, 15) is 0 Å². The van der Waals surface area contributed by atoms with Crippen molar-refractivity contribution in [3.05, 3.63) is 34.9 Å². The number of likely N-dealkylation sites (N-methyl/N-ethyl adjacent to an activating group) is 1. The van der Waals surface area contributed by atoms with Gasteiger partial charge in [0.15, 0.2) is 5.84 Å². The van der Waals surface area contributed by atoms with Crippen molar-refractivity contribution in [3.63, 3.8) is 0 Å². The Balaban J connectivity index is 1.70. The molecule has 8 heteroatoms. The van der Waals surface area contributed by atoms with E-state index in [1.165, 1.54) is 0 Å². The molecule has 0 amide bonds. The molecule has 0 bridgehead atoms. The molecular formula is C13H13N7S. The summed E-state index contributed by atoms with van der Waals surface area (Å²) >= 11 is 1.64. The highest BCUT2D eigenvalue weighted by atomic mass is 32.1. The van der Waals surface area contributed by atoms with Crippen LogP contribution in [0.2, 0.25) is 0 Å². The van der Waals surface area contributed by atoms with Gasteiger partial charge in [0, 0.05) is 31.2 Å². The minimum atomic E-state index is 0.548. The Labute approximate surface area is 125 Å². The van der Waals surface area contributed by atoms with E-state index in [4.69, 9.17) is 0 Å². The third kappa shape index (κ3) is 2.04. The van der Waals surface area contributed by atoms with Gasteiger partial charge in [-0.25, -0.2) is 4.99 Å². The van der Waals surface area contributed by atoms with Crippen LogP contribution >= 0.6 is 11.3 Å². The smallest absolute Gasteiger partial charge is 0.254 e. The number of amidine groups is 1. The van der Waals surface area contributed by atoms with Gasteiger partial charge >= 0.3 is 0 Å². The van der Waals surface area contributed by atoms with Crippen molar-refractivity contribution < 1.29 is 0 Å². The number of aliphatic imine (C=N–C) groups is 2. The Bertz CT molecular complexity index is 768. The van der Waals surface area contributed by atoms with Crippen molar-refractivity contribution in [1.29, 1.82) is 0 Å². The molecule has 0 radical (unpaired) electrons. The summed E-state index contributed by atoms with van der Waals surface area (Å²) in [4.78, 5) is 13.2. The van der Waals surface area contributed by atoms with Crippen LogP contribution in [0.15, 0.2) is 44.9 Å². The van der Waals surface area contributed by atoms with Gasteiger partial charge in [0.1, 0.15) is 11.4 Å². The number of thiophene rings is 1. The van der Waals surface area contributed by atoms with Gasteiger partial charge in [0.25, 0.3) is 5.96 Å². The van der Waals surface area contributed by atoms with Gasteiger partial charge in [-0.1, -0.05) is 5.21 Å². The lowest BCUT2D eigenvalue weighted by atomic mass is 10.3. The van der Waals surface area contributed by atoms with Crippen LogP contribution < -0.4 is 0 Å². The number of aromatic nitrogens is 3. The van der Waals surface area contributed by atoms with Crippen LogP contribution in [0.3, 0.4) is 0 Å². The van der Waals surface area contributed by atoms with E-state index >= 15 is 0 Å². The van der Waals surface area contributed by atoms with E-state index in [1.54, 1.807) is 16.0 Å². The van der Waals surface area contributed by atoms with Crippen molar-refractivity contribution in [2.45, 2.75) is 0 Å². The maximum atomic E-state index is 4.55. The van der Waals surface area contributed by atoms with Crippen LogP contribution in [0.4, 0.5) is 0 Å². The first kappa shape index (κ1) is 12.3. The monoisotopic (exact) mass is 299 g/mol. The van der Waals surface area contributed by atoms with E-state index in [0.717, 1.165) is 29.5 Å². The lowest BCUT2D eigenvalue weighted by Crippen LogP contribution is -2.39. The minimum Gasteiger partial charge on any atom is -0.361 e. The topological polar surface area (TPSA) is 61.9 Å². The van der Waals surface area contributed by atoms with E-state index in [0.29, 0.717) is 5.96 Å². The number of fused-ring (bicyclic) bond motifs is 1. The Morgan fingerprint density at radius 1 is 1.24 bits per heavy atom. The normalized spacial score (nSPS) is 17.5. The molecule has 0 saturated heterocycles. The van der Waals surface area contributed by atoms with Gasteiger partial charge in [0.05, 0.1) is 12.9 Å². The summed E-state index contributed by atoms with van der Waals surface area (Å²) in [5.41, 5.74) is 2.74. The molecule has 0 spiro atoms. The molecule has 2 aliphatic heterocycles. The Morgan fingerprint density at radius 3 is 2.95 bits per heavy atom. The van der Waals surface area contributed by atoms with Crippen LogP contribution in [-0.2, 0) is 0 Å². The highest BCUT2D eigenvalue weighted by molar-refractivity contribution is 7.08. The molecule has 21 heavy (non-hydrogen) atoms. The summed E-state index contributed by atoms with van der Waals surface area (Å²) in [5, 5.41) is 12.4. The summed E-state index contributed by atoms with van der Waals surface area (Å²) in [6, 6.07) is 2.02. The molecule has 0 N–H and O–H groups in total. The zero-order valence-corrected chi connectivity index (χ0v) is 12.4. The van der Waals surface area contributed by atoms with Crippen molar-refractivity contribution >= 4 is 23.1 Å². The second-order valence-corrected chi connectivity index (χ2v) is 5.80. The Kier molecular flexibility index (Phi) is 2.64. The fourth-order valence-electron chi connectivity index (χ4n) is 2.36. The van der Waals surface area contributed by atoms with Crippen molar-refractivity contribution in [1.82, 2.24) is 24.8 Å². The number of nitrogens with zero attached hydrogens (tertiary/aromatic N) is 7. The van der Waals surface area contributed by atoms with E-state index in [1.807, 2.05) is 43.3 Å². The quantitative estimate of drug-likeness (QED) is 0.796. The molecule has 2 aromatic heterocycles. The molecule has 7 nitrogen and oxygen atoms in total. The Hall–Kier alpha value is -2.48. The second-order valence-electron chi connectivity index (χ2n) is 5.02. The van der Waals surface area contributed by atoms with Crippen molar-refractivity contribution in [3.8, 4) is 11.3 Å². The fraction of sp³-hybridized carbons (Fsp3) is 0.231. The Morgan fingerprint density at radius 2 is 2.14 bits per heavy atom. The predicted molar refractivity (Wildman–Crippen MR) is 82.1 cm³/mol. The largest absolute Gasteiger partial charge is 0.361 e. The fourth-order valence-corrected chi connectivity index (χ4v) is 3.01. The average Bonchev–Trinajstić information content (AvgIpc) is 3.18. The third-order valence-corrected chi connectivity index (χ3v) is 3.99. The zero-order valence-electron chi connectivity index (χ0n) is 11.6. The summed E-state index contributed by atoms with van der Waals surface area (Å²) in [5.74, 6) is 1.42. The maximum Gasteiger partial charge on any atom is 0.254 e. The first-order chi connectivity index (χ1) is 10.2. The van der Waals surface area contributed by atoms with Crippen LogP contribution in [-0.4, -0.2) is 57.4 Å². The highest BCUT2D eigenvalue weighted by Crippen LogP contribution is 2.21. The molecule has 0 aromatic carbocycles. The van der Waals surface area contributed by atoms with E-state index < -0.39 is 0 Å². The first-order valence-corrected chi connectivity index (χ1v) is 7.41. The van der Waals surface area contributed by atoms with Gasteiger partial charge in [-0.2, -0.15) is 21.0 Å². The predicted octanol–water partition coefficient (Wildman–Crippen LogP) is 1.30. The van der Waals surface area contributed by atoms with Gasteiger partial charge in [0.2, 0.25) is 0 Å². The maximum absolute atomic E-state index is 4.55. The number of hydrogen-bond donors (Lipinski definition) is 0. The van der Waals surface area contributed by atoms with Gasteiger partial charge in [-0.05, 0) is 11.4 Å². The van der Waals surface area contributed by atoms with Crippen LogP contribution in [0.25, 0.3) is 11.3 Å². The van der Waals surface area contributed by atoms with Crippen LogP contribution in [0, 0.1) is 0 Å². The molecule has 0 unspecified atom stereocenters.